The Morgan fingerprint density at radius 2 is 1.77 bits per heavy atom. The fraction of sp³-hybridized carbons (Fsp3) is 0.636. The van der Waals surface area contributed by atoms with E-state index in [4.69, 9.17) is 4.42 Å². The second kappa shape index (κ2) is 7.73. The molecule has 3 aliphatic rings. The standard InChI is InChI=1S/C22H30N4O3S/c1-25(18-10-6-3-7-11-18)30(27,28)26-14-12-22(13-15-26)16-19(22)21-24-23-20(29-21)17-8-4-2-5-9-17/h2,4-5,8-9,18-19H,3,6-7,10-16H2,1H3/t19-/m1/s1. The predicted molar refractivity (Wildman–Crippen MR) is 114 cm³/mol. The molecule has 162 valence electrons. The van der Waals surface area contributed by atoms with Gasteiger partial charge in [-0.15, -0.1) is 10.2 Å². The van der Waals surface area contributed by atoms with E-state index in [1.54, 1.807) is 15.7 Å². The molecule has 2 aromatic rings. The summed E-state index contributed by atoms with van der Waals surface area (Å²) >= 11 is 0. The molecule has 30 heavy (non-hydrogen) atoms. The monoisotopic (exact) mass is 430 g/mol. The highest BCUT2D eigenvalue weighted by Gasteiger charge is 2.59. The van der Waals surface area contributed by atoms with Gasteiger partial charge in [0.2, 0.25) is 11.8 Å². The minimum Gasteiger partial charge on any atom is -0.420 e. The van der Waals surface area contributed by atoms with Crippen molar-refractivity contribution in [3.8, 4) is 11.5 Å². The molecule has 1 aliphatic heterocycles. The van der Waals surface area contributed by atoms with Crippen LogP contribution in [-0.4, -0.2) is 53.4 Å². The van der Waals surface area contributed by atoms with Gasteiger partial charge in [-0.1, -0.05) is 37.5 Å². The van der Waals surface area contributed by atoms with Gasteiger partial charge >= 0.3 is 0 Å². The Kier molecular flexibility index (Phi) is 5.19. The lowest BCUT2D eigenvalue weighted by Crippen LogP contribution is -2.49. The molecule has 0 radical (unpaired) electrons. The average molecular weight is 431 g/mol. The van der Waals surface area contributed by atoms with Crippen LogP contribution in [0.25, 0.3) is 11.5 Å². The lowest BCUT2D eigenvalue weighted by molar-refractivity contribution is 0.216. The van der Waals surface area contributed by atoms with Crippen LogP contribution in [0.5, 0.6) is 0 Å². The Hall–Kier alpha value is -1.77. The maximum Gasteiger partial charge on any atom is 0.281 e. The fourth-order valence-electron chi connectivity index (χ4n) is 5.30. The van der Waals surface area contributed by atoms with Crippen molar-refractivity contribution in [2.45, 2.75) is 63.3 Å². The first-order chi connectivity index (χ1) is 14.5. The van der Waals surface area contributed by atoms with Gasteiger partial charge in [-0.25, -0.2) is 0 Å². The molecule has 1 atom stereocenters. The summed E-state index contributed by atoms with van der Waals surface area (Å²) in [6.07, 6.45) is 8.17. The van der Waals surface area contributed by atoms with Crippen LogP contribution in [0.15, 0.2) is 34.7 Å². The first-order valence-corrected chi connectivity index (χ1v) is 12.5. The third kappa shape index (κ3) is 3.59. The molecule has 0 N–H and O–H groups in total. The van der Waals surface area contributed by atoms with Gasteiger partial charge in [0.05, 0.1) is 0 Å². The molecule has 0 bridgehead atoms. The summed E-state index contributed by atoms with van der Waals surface area (Å²) in [5.74, 6) is 1.51. The third-order valence-electron chi connectivity index (χ3n) is 7.45. The van der Waals surface area contributed by atoms with Gasteiger partial charge in [-0.2, -0.15) is 17.0 Å². The Labute approximate surface area is 178 Å². The molecule has 1 spiro atoms. The summed E-state index contributed by atoms with van der Waals surface area (Å²) in [5, 5.41) is 8.53. The molecule has 1 aromatic heterocycles. The van der Waals surface area contributed by atoms with Gasteiger partial charge < -0.3 is 4.42 Å². The van der Waals surface area contributed by atoms with Crippen LogP contribution in [0.4, 0.5) is 0 Å². The summed E-state index contributed by atoms with van der Waals surface area (Å²) < 4.78 is 35.6. The maximum absolute atomic E-state index is 13.1. The summed E-state index contributed by atoms with van der Waals surface area (Å²) in [6, 6.07) is 9.96. The van der Waals surface area contributed by atoms with Crippen LogP contribution >= 0.6 is 0 Å². The molecule has 2 aliphatic carbocycles. The van der Waals surface area contributed by atoms with Crippen molar-refractivity contribution in [3.63, 3.8) is 0 Å². The molecule has 5 rings (SSSR count). The highest BCUT2D eigenvalue weighted by molar-refractivity contribution is 7.86. The van der Waals surface area contributed by atoms with Crippen LogP contribution in [0.2, 0.25) is 0 Å². The van der Waals surface area contributed by atoms with E-state index in [0.29, 0.717) is 24.9 Å². The second-order valence-corrected chi connectivity index (χ2v) is 11.1. The van der Waals surface area contributed by atoms with E-state index in [-0.39, 0.29) is 17.4 Å². The number of piperidine rings is 1. The van der Waals surface area contributed by atoms with E-state index in [0.717, 1.165) is 50.5 Å². The summed E-state index contributed by atoms with van der Waals surface area (Å²) in [4.78, 5) is 0. The number of rotatable bonds is 5. The van der Waals surface area contributed by atoms with Crippen LogP contribution in [0, 0.1) is 5.41 Å². The first kappa shape index (κ1) is 20.2. The largest absolute Gasteiger partial charge is 0.420 e. The van der Waals surface area contributed by atoms with E-state index < -0.39 is 10.2 Å². The lowest BCUT2D eigenvalue weighted by Gasteiger charge is -2.37. The van der Waals surface area contributed by atoms with Crippen LogP contribution in [0.3, 0.4) is 0 Å². The predicted octanol–water partition coefficient (Wildman–Crippen LogP) is 3.82. The lowest BCUT2D eigenvalue weighted by atomic mass is 9.92. The van der Waals surface area contributed by atoms with E-state index in [2.05, 4.69) is 10.2 Å². The van der Waals surface area contributed by atoms with Gasteiger partial charge in [0, 0.05) is 37.7 Å². The van der Waals surface area contributed by atoms with Crippen molar-refractivity contribution < 1.29 is 12.8 Å². The summed E-state index contributed by atoms with van der Waals surface area (Å²) in [7, 11) is -1.62. The zero-order valence-corrected chi connectivity index (χ0v) is 18.4. The number of hydrogen-bond donors (Lipinski definition) is 0. The highest BCUT2D eigenvalue weighted by atomic mass is 32.2. The fourth-order valence-corrected chi connectivity index (χ4v) is 6.90. The SMILES string of the molecule is CN(C1CCCCC1)S(=O)(=O)N1CCC2(CC1)C[C@@H]2c1nnc(-c2ccccc2)o1. The summed E-state index contributed by atoms with van der Waals surface area (Å²) in [5.41, 5.74) is 1.05. The average Bonchev–Trinajstić information content (AvgIpc) is 3.25. The molecule has 0 amide bonds. The van der Waals surface area contributed by atoms with Gasteiger partial charge in [-0.05, 0) is 49.7 Å². The molecule has 2 saturated carbocycles. The molecule has 8 heteroatoms. The second-order valence-electron chi connectivity index (χ2n) is 9.15. The number of benzene rings is 1. The number of hydrogen-bond acceptors (Lipinski definition) is 5. The normalized spacial score (nSPS) is 25.1. The van der Waals surface area contributed by atoms with Crippen molar-refractivity contribution in [2.75, 3.05) is 20.1 Å². The topological polar surface area (TPSA) is 79.5 Å². The Morgan fingerprint density at radius 1 is 1.07 bits per heavy atom. The minimum absolute atomic E-state index is 0.121. The molecular weight excluding hydrogens is 400 g/mol. The van der Waals surface area contributed by atoms with Crippen LogP contribution in [-0.2, 0) is 10.2 Å². The Bertz CT molecular complexity index is 977. The maximum atomic E-state index is 13.1. The van der Waals surface area contributed by atoms with E-state index in [1.807, 2.05) is 30.3 Å². The molecular formula is C22H30N4O3S. The number of aromatic nitrogens is 2. The zero-order chi connectivity index (χ0) is 20.8. The smallest absolute Gasteiger partial charge is 0.281 e. The number of nitrogens with zero attached hydrogens (tertiary/aromatic N) is 4. The molecule has 3 fully saturated rings. The molecule has 1 saturated heterocycles. The van der Waals surface area contributed by atoms with Crippen molar-refractivity contribution in [1.82, 2.24) is 18.8 Å². The van der Waals surface area contributed by atoms with Crippen LogP contribution < -0.4 is 0 Å². The third-order valence-corrected chi connectivity index (χ3v) is 9.49. The van der Waals surface area contributed by atoms with Crippen molar-refractivity contribution in [1.29, 1.82) is 0 Å². The van der Waals surface area contributed by atoms with Gasteiger partial charge in [0.15, 0.2) is 0 Å². The first-order valence-electron chi connectivity index (χ1n) is 11.1. The van der Waals surface area contributed by atoms with E-state index in [9.17, 15) is 8.42 Å². The molecule has 1 aromatic carbocycles. The minimum atomic E-state index is -3.38. The van der Waals surface area contributed by atoms with Crippen molar-refractivity contribution in [3.05, 3.63) is 36.2 Å². The van der Waals surface area contributed by atoms with Crippen molar-refractivity contribution in [2.24, 2.45) is 5.41 Å². The molecule has 0 unspecified atom stereocenters. The van der Waals surface area contributed by atoms with E-state index in [1.165, 1.54) is 6.42 Å². The summed E-state index contributed by atoms with van der Waals surface area (Å²) in [6.45, 7) is 1.16. The van der Waals surface area contributed by atoms with Crippen molar-refractivity contribution >= 4 is 10.2 Å². The molecule has 2 heterocycles. The Morgan fingerprint density at radius 3 is 2.47 bits per heavy atom. The van der Waals surface area contributed by atoms with Gasteiger partial charge in [0.25, 0.3) is 10.2 Å². The van der Waals surface area contributed by atoms with Gasteiger partial charge in [-0.3, -0.25) is 0 Å². The van der Waals surface area contributed by atoms with E-state index >= 15 is 0 Å². The highest BCUT2D eigenvalue weighted by Crippen LogP contribution is 2.64. The van der Waals surface area contributed by atoms with Crippen LogP contribution in [0.1, 0.15) is 63.2 Å². The quantitative estimate of drug-likeness (QED) is 0.721. The zero-order valence-electron chi connectivity index (χ0n) is 17.5. The van der Waals surface area contributed by atoms with Gasteiger partial charge in [0.1, 0.15) is 0 Å². The Balaban J connectivity index is 1.22. The molecule has 7 nitrogen and oxygen atoms in total.